The Kier molecular flexibility index (Phi) is 9.62. The van der Waals surface area contributed by atoms with Crippen LogP contribution in [0.3, 0.4) is 0 Å². The third kappa shape index (κ3) is 6.91. The molecule has 0 saturated carbocycles. The van der Waals surface area contributed by atoms with E-state index in [0.717, 1.165) is 28.8 Å². The van der Waals surface area contributed by atoms with Gasteiger partial charge in [0, 0.05) is 6.07 Å². The number of nitro benzene ring substituents is 2. The fourth-order valence-electron chi connectivity index (χ4n) is 5.45. The molecule has 6 rings (SSSR count). The van der Waals surface area contributed by atoms with Gasteiger partial charge in [-0.3, -0.25) is 24.8 Å². The van der Waals surface area contributed by atoms with E-state index in [4.69, 9.17) is 30.5 Å². The zero-order valence-corrected chi connectivity index (χ0v) is 25.1. The van der Waals surface area contributed by atoms with Crippen LogP contribution in [0.5, 0.6) is 0 Å². The van der Waals surface area contributed by atoms with Gasteiger partial charge in [0.1, 0.15) is 18.3 Å². The van der Waals surface area contributed by atoms with Crippen LogP contribution in [-0.4, -0.2) is 44.3 Å². The highest BCUT2D eigenvalue weighted by molar-refractivity contribution is 6.29. The van der Waals surface area contributed by atoms with Crippen LogP contribution in [0.1, 0.15) is 22.9 Å². The number of halogens is 1. The zero-order chi connectivity index (χ0) is 32.0. The molecular weight excluding hydrogens is 616 g/mol. The van der Waals surface area contributed by atoms with E-state index in [2.05, 4.69) is 4.98 Å². The standard InChI is InChI=1S/C33H29ClN4O8/c34-33-35-25-16-27(37(39)40)28(38(41)42)17-26(25)36(33)32-31(45-20-24-14-8-3-9-15-24)30(44-19-23-12-6-2-7-13-23)29(46-32)21-43-18-22-10-4-1-5-11-22/h1-17,29-32H,18-21H2/t29-,30-,31-,32-/m1/s1. The lowest BCUT2D eigenvalue weighted by Crippen LogP contribution is -2.38. The first-order chi connectivity index (χ1) is 22.4. The molecule has 13 heteroatoms. The molecule has 46 heavy (non-hydrogen) atoms. The number of nitrogens with zero attached hydrogens (tertiary/aromatic N) is 4. The minimum Gasteiger partial charge on any atom is -0.374 e. The van der Waals surface area contributed by atoms with Crippen molar-refractivity contribution in [2.24, 2.45) is 0 Å². The van der Waals surface area contributed by atoms with Gasteiger partial charge in [0.2, 0.25) is 5.28 Å². The molecule has 0 spiro atoms. The van der Waals surface area contributed by atoms with Crippen molar-refractivity contribution in [2.75, 3.05) is 6.61 Å². The predicted octanol–water partition coefficient (Wildman–Crippen LogP) is 6.79. The van der Waals surface area contributed by atoms with Gasteiger partial charge in [0.25, 0.3) is 0 Å². The summed E-state index contributed by atoms with van der Waals surface area (Å²) in [6, 6.07) is 31.0. The molecule has 4 atom stereocenters. The number of benzene rings is 4. The summed E-state index contributed by atoms with van der Waals surface area (Å²) < 4.78 is 27.1. The SMILES string of the molecule is O=[N+]([O-])c1cc2nc(Cl)n([C@@H]3O[C@H](COCc4ccccc4)[C@@H](OCc4ccccc4)[C@H]3OCc3ccccc3)c2cc1[N+](=O)[O-]. The van der Waals surface area contributed by atoms with Crippen molar-refractivity contribution in [1.29, 1.82) is 0 Å². The average Bonchev–Trinajstić information content (AvgIpc) is 3.58. The number of ether oxygens (including phenoxy) is 4. The van der Waals surface area contributed by atoms with E-state index in [0.29, 0.717) is 6.61 Å². The molecular formula is C33H29ClN4O8. The lowest BCUT2D eigenvalue weighted by Gasteiger charge is -2.26. The number of hydrogen-bond donors (Lipinski definition) is 0. The predicted molar refractivity (Wildman–Crippen MR) is 168 cm³/mol. The molecule has 1 saturated heterocycles. The minimum absolute atomic E-state index is 0.0872. The molecule has 0 unspecified atom stereocenters. The Labute approximate surface area is 268 Å². The number of fused-ring (bicyclic) bond motifs is 1. The molecule has 0 N–H and O–H groups in total. The maximum Gasteiger partial charge on any atom is 0.348 e. The number of rotatable bonds is 13. The summed E-state index contributed by atoms with van der Waals surface area (Å²) >= 11 is 6.65. The zero-order valence-electron chi connectivity index (χ0n) is 24.4. The molecule has 2 heterocycles. The van der Waals surface area contributed by atoms with E-state index >= 15 is 0 Å². The Balaban J connectivity index is 1.38. The first-order valence-corrected chi connectivity index (χ1v) is 14.9. The van der Waals surface area contributed by atoms with Gasteiger partial charge in [-0.25, -0.2) is 4.98 Å². The van der Waals surface area contributed by atoms with Crippen molar-refractivity contribution in [3.05, 3.63) is 145 Å². The fraction of sp³-hybridized carbons (Fsp3) is 0.242. The van der Waals surface area contributed by atoms with Crippen LogP contribution >= 0.6 is 11.6 Å². The van der Waals surface area contributed by atoms with Crippen LogP contribution < -0.4 is 0 Å². The van der Waals surface area contributed by atoms with Crippen LogP contribution in [0.15, 0.2) is 103 Å². The molecule has 1 aromatic heterocycles. The Morgan fingerprint density at radius 1 is 0.739 bits per heavy atom. The topological polar surface area (TPSA) is 141 Å². The normalized spacial score (nSPS) is 19.4. The summed E-state index contributed by atoms with van der Waals surface area (Å²) in [7, 11) is 0. The highest BCUT2D eigenvalue weighted by atomic mass is 35.5. The Bertz CT molecular complexity index is 1810. The molecule has 1 aliphatic rings. The molecule has 4 aromatic carbocycles. The second-order valence-electron chi connectivity index (χ2n) is 10.7. The first kappa shape index (κ1) is 31.3. The number of hydrogen-bond acceptors (Lipinski definition) is 9. The maximum atomic E-state index is 11.8. The van der Waals surface area contributed by atoms with Gasteiger partial charge >= 0.3 is 11.4 Å². The molecule has 0 radical (unpaired) electrons. The fourth-order valence-corrected chi connectivity index (χ4v) is 5.73. The van der Waals surface area contributed by atoms with Crippen molar-refractivity contribution >= 4 is 34.0 Å². The lowest BCUT2D eigenvalue weighted by atomic mass is 10.1. The van der Waals surface area contributed by atoms with E-state index in [9.17, 15) is 20.2 Å². The average molecular weight is 645 g/mol. The Morgan fingerprint density at radius 3 is 1.78 bits per heavy atom. The summed E-state index contributed by atoms with van der Waals surface area (Å²) in [4.78, 5) is 26.1. The summed E-state index contributed by atoms with van der Waals surface area (Å²) in [5.41, 5.74) is 1.69. The molecule has 0 bridgehead atoms. The van der Waals surface area contributed by atoms with Gasteiger partial charge in [-0.1, -0.05) is 91.0 Å². The van der Waals surface area contributed by atoms with Crippen LogP contribution in [-0.2, 0) is 38.8 Å². The van der Waals surface area contributed by atoms with E-state index in [1.54, 1.807) is 0 Å². The van der Waals surface area contributed by atoms with Gasteiger partial charge in [0.15, 0.2) is 6.23 Å². The van der Waals surface area contributed by atoms with Gasteiger partial charge in [0.05, 0.1) is 53.4 Å². The number of imidazole rings is 1. The number of aromatic nitrogens is 2. The summed E-state index contributed by atoms with van der Waals surface area (Å²) in [5, 5.41) is 23.4. The molecule has 12 nitrogen and oxygen atoms in total. The van der Waals surface area contributed by atoms with Gasteiger partial charge < -0.3 is 18.9 Å². The largest absolute Gasteiger partial charge is 0.374 e. The van der Waals surface area contributed by atoms with Crippen LogP contribution in [0.4, 0.5) is 11.4 Å². The minimum atomic E-state index is -0.978. The lowest BCUT2D eigenvalue weighted by molar-refractivity contribution is -0.422. The first-order valence-electron chi connectivity index (χ1n) is 14.5. The summed E-state index contributed by atoms with van der Waals surface area (Å²) in [5.74, 6) is 0. The van der Waals surface area contributed by atoms with Gasteiger partial charge in [-0.2, -0.15) is 0 Å². The van der Waals surface area contributed by atoms with Crippen molar-refractivity contribution in [3.8, 4) is 0 Å². The van der Waals surface area contributed by atoms with Crippen LogP contribution in [0.2, 0.25) is 5.28 Å². The van der Waals surface area contributed by atoms with E-state index < -0.39 is 45.8 Å². The quantitative estimate of drug-likeness (QED) is 0.1000. The molecule has 0 aliphatic carbocycles. The summed E-state index contributed by atoms with van der Waals surface area (Å²) in [6.07, 6.45) is -3.10. The van der Waals surface area contributed by atoms with E-state index in [1.165, 1.54) is 4.57 Å². The molecule has 0 amide bonds. The second kappa shape index (κ2) is 14.1. The van der Waals surface area contributed by atoms with Crippen LogP contribution in [0, 0.1) is 20.2 Å². The third-order valence-corrected chi connectivity index (χ3v) is 7.91. The Hall–Kier alpha value is -4.72. The monoisotopic (exact) mass is 644 g/mol. The highest BCUT2D eigenvalue weighted by Gasteiger charge is 2.49. The smallest absolute Gasteiger partial charge is 0.348 e. The number of nitro groups is 2. The molecule has 1 aliphatic heterocycles. The van der Waals surface area contributed by atoms with Gasteiger partial charge in [-0.05, 0) is 28.3 Å². The molecule has 5 aromatic rings. The van der Waals surface area contributed by atoms with Crippen molar-refractivity contribution < 1.29 is 28.8 Å². The summed E-state index contributed by atoms with van der Waals surface area (Å²) in [6.45, 7) is 0.908. The van der Waals surface area contributed by atoms with Crippen molar-refractivity contribution in [2.45, 2.75) is 44.4 Å². The maximum absolute atomic E-state index is 11.8. The van der Waals surface area contributed by atoms with Crippen molar-refractivity contribution in [3.63, 3.8) is 0 Å². The van der Waals surface area contributed by atoms with E-state index in [1.807, 2.05) is 91.0 Å². The molecule has 236 valence electrons. The van der Waals surface area contributed by atoms with Crippen LogP contribution in [0.25, 0.3) is 11.0 Å². The third-order valence-electron chi connectivity index (χ3n) is 7.64. The Morgan fingerprint density at radius 2 is 1.24 bits per heavy atom. The highest BCUT2D eigenvalue weighted by Crippen LogP contribution is 2.41. The molecule has 1 fully saturated rings. The van der Waals surface area contributed by atoms with E-state index in [-0.39, 0.29) is 36.1 Å². The van der Waals surface area contributed by atoms with Crippen molar-refractivity contribution in [1.82, 2.24) is 9.55 Å². The van der Waals surface area contributed by atoms with Gasteiger partial charge in [-0.15, -0.1) is 0 Å². The second-order valence-corrected chi connectivity index (χ2v) is 11.0.